The topological polar surface area (TPSA) is 87.7 Å². The molecule has 1 unspecified atom stereocenters. The molecule has 0 radical (unpaired) electrons. The molecule has 2 rings (SSSR count). The average Bonchev–Trinajstić information content (AvgIpc) is 2.42. The summed E-state index contributed by atoms with van der Waals surface area (Å²) in [6, 6.07) is 3.83. The zero-order valence-corrected chi connectivity index (χ0v) is 10.6. The molecule has 2 amide bonds. The Hall–Kier alpha value is -2.24. The van der Waals surface area contributed by atoms with Crippen LogP contribution in [0.4, 0.5) is 0 Å². The van der Waals surface area contributed by atoms with Crippen LogP contribution < -0.4 is 15.4 Å². The van der Waals surface area contributed by atoms with E-state index >= 15 is 0 Å². The smallest absolute Gasteiger partial charge is 0.255 e. The molecular formula is C13H16N2O4. The highest BCUT2D eigenvalue weighted by Gasteiger charge is 2.25. The highest BCUT2D eigenvalue weighted by atomic mass is 16.5. The number of phenols is 1. The monoisotopic (exact) mass is 264 g/mol. The fourth-order valence-electron chi connectivity index (χ4n) is 1.97. The number of ether oxygens (including phenoxy) is 1. The van der Waals surface area contributed by atoms with Gasteiger partial charge >= 0.3 is 0 Å². The third-order valence-corrected chi connectivity index (χ3v) is 3.04. The summed E-state index contributed by atoms with van der Waals surface area (Å²) < 4.78 is 5.00. The van der Waals surface area contributed by atoms with E-state index in [-0.39, 0.29) is 17.2 Å². The minimum Gasteiger partial charge on any atom is -0.507 e. The molecule has 0 bridgehead atoms. The largest absolute Gasteiger partial charge is 0.507 e. The Morgan fingerprint density at radius 2 is 2.32 bits per heavy atom. The zero-order chi connectivity index (χ0) is 13.8. The van der Waals surface area contributed by atoms with E-state index in [1.807, 2.05) is 0 Å². The molecule has 1 saturated heterocycles. The zero-order valence-electron chi connectivity index (χ0n) is 10.6. The molecule has 1 aliphatic heterocycles. The number of hydrogen-bond acceptors (Lipinski definition) is 4. The van der Waals surface area contributed by atoms with Crippen molar-refractivity contribution in [1.82, 2.24) is 10.6 Å². The van der Waals surface area contributed by atoms with Crippen LogP contribution in [-0.4, -0.2) is 36.6 Å². The summed E-state index contributed by atoms with van der Waals surface area (Å²) in [5.74, 6) is -0.356. The van der Waals surface area contributed by atoms with Gasteiger partial charge in [-0.15, -0.1) is 0 Å². The van der Waals surface area contributed by atoms with Gasteiger partial charge in [-0.25, -0.2) is 0 Å². The number of amides is 2. The van der Waals surface area contributed by atoms with E-state index in [0.29, 0.717) is 18.7 Å². The molecule has 6 heteroatoms. The molecule has 1 fully saturated rings. The van der Waals surface area contributed by atoms with Crippen molar-refractivity contribution in [2.24, 2.45) is 0 Å². The summed E-state index contributed by atoms with van der Waals surface area (Å²) in [5, 5.41) is 15.0. The quantitative estimate of drug-likeness (QED) is 0.738. The lowest BCUT2D eigenvalue weighted by Crippen LogP contribution is -2.50. The molecule has 0 aromatic heterocycles. The molecule has 1 heterocycles. The number of carbonyl (C=O) groups is 2. The first kappa shape index (κ1) is 13.2. The average molecular weight is 264 g/mol. The molecule has 3 N–H and O–H groups in total. The molecule has 1 aromatic rings. The van der Waals surface area contributed by atoms with Gasteiger partial charge in [0, 0.05) is 6.54 Å². The van der Waals surface area contributed by atoms with E-state index in [1.165, 1.54) is 19.2 Å². The first-order chi connectivity index (χ1) is 9.11. The van der Waals surface area contributed by atoms with Crippen LogP contribution in [0.1, 0.15) is 23.2 Å². The second-order valence-electron chi connectivity index (χ2n) is 4.34. The maximum atomic E-state index is 12.0. The first-order valence-electron chi connectivity index (χ1n) is 6.07. The van der Waals surface area contributed by atoms with Gasteiger partial charge in [0.15, 0.2) is 0 Å². The van der Waals surface area contributed by atoms with Gasteiger partial charge in [-0.2, -0.15) is 0 Å². The van der Waals surface area contributed by atoms with Gasteiger partial charge < -0.3 is 20.5 Å². The second kappa shape index (κ2) is 5.60. The van der Waals surface area contributed by atoms with Crippen molar-refractivity contribution in [3.05, 3.63) is 23.8 Å². The van der Waals surface area contributed by atoms with Crippen molar-refractivity contribution in [3.8, 4) is 11.5 Å². The standard InChI is InChI=1S/C13H16N2O4/c1-19-8-4-5-11(16)9(7-8)12(17)15-10-3-2-6-14-13(10)18/h4-5,7,10,16H,2-3,6H2,1H3,(H,14,18)(H,15,17). The highest BCUT2D eigenvalue weighted by Crippen LogP contribution is 2.23. The van der Waals surface area contributed by atoms with E-state index in [0.717, 1.165) is 6.42 Å². The van der Waals surface area contributed by atoms with Gasteiger partial charge in [-0.3, -0.25) is 9.59 Å². The molecule has 1 aliphatic rings. The summed E-state index contributed by atoms with van der Waals surface area (Å²) in [6.45, 7) is 0.635. The van der Waals surface area contributed by atoms with Crippen LogP contribution in [0.15, 0.2) is 18.2 Å². The van der Waals surface area contributed by atoms with E-state index in [4.69, 9.17) is 4.74 Å². The van der Waals surface area contributed by atoms with Crippen LogP contribution in [0.25, 0.3) is 0 Å². The Bertz CT molecular complexity index is 501. The molecule has 0 saturated carbocycles. The van der Waals surface area contributed by atoms with E-state index < -0.39 is 11.9 Å². The maximum Gasteiger partial charge on any atom is 0.255 e. The summed E-state index contributed by atoms with van der Waals surface area (Å²) in [4.78, 5) is 23.6. The Morgan fingerprint density at radius 1 is 1.53 bits per heavy atom. The van der Waals surface area contributed by atoms with Crippen molar-refractivity contribution >= 4 is 11.8 Å². The maximum absolute atomic E-state index is 12.0. The van der Waals surface area contributed by atoms with E-state index in [2.05, 4.69) is 10.6 Å². The summed E-state index contributed by atoms with van der Waals surface area (Å²) >= 11 is 0. The number of piperidine rings is 1. The fraction of sp³-hybridized carbons (Fsp3) is 0.385. The third kappa shape index (κ3) is 2.96. The molecule has 19 heavy (non-hydrogen) atoms. The van der Waals surface area contributed by atoms with Crippen molar-refractivity contribution in [2.45, 2.75) is 18.9 Å². The van der Waals surface area contributed by atoms with Gasteiger partial charge in [0.25, 0.3) is 5.91 Å². The SMILES string of the molecule is COc1ccc(O)c(C(=O)NC2CCCNC2=O)c1. The second-order valence-corrected chi connectivity index (χ2v) is 4.34. The predicted octanol–water partition coefficient (Wildman–Crippen LogP) is 0.409. The minimum absolute atomic E-state index is 0.0951. The highest BCUT2D eigenvalue weighted by molar-refractivity contribution is 6.00. The Morgan fingerprint density at radius 3 is 3.00 bits per heavy atom. The van der Waals surface area contributed by atoms with Crippen molar-refractivity contribution in [1.29, 1.82) is 0 Å². The van der Waals surface area contributed by atoms with Gasteiger partial charge in [0.05, 0.1) is 12.7 Å². The Labute approximate surface area is 110 Å². The summed E-state index contributed by atoms with van der Waals surface area (Å²) in [7, 11) is 1.47. The number of benzene rings is 1. The molecule has 0 aliphatic carbocycles. The first-order valence-corrected chi connectivity index (χ1v) is 6.07. The lowest BCUT2D eigenvalue weighted by atomic mass is 10.1. The third-order valence-electron chi connectivity index (χ3n) is 3.04. The molecule has 1 atom stereocenters. The number of nitrogens with one attached hydrogen (secondary N) is 2. The van der Waals surface area contributed by atoms with Gasteiger partial charge in [-0.1, -0.05) is 0 Å². The lowest BCUT2D eigenvalue weighted by Gasteiger charge is -2.22. The molecule has 102 valence electrons. The Kier molecular flexibility index (Phi) is 3.89. The van der Waals surface area contributed by atoms with Crippen LogP contribution in [0.2, 0.25) is 0 Å². The van der Waals surface area contributed by atoms with Crippen LogP contribution in [0.3, 0.4) is 0 Å². The molecule has 0 spiro atoms. The van der Waals surface area contributed by atoms with Gasteiger partial charge in [0.1, 0.15) is 17.5 Å². The molecule has 1 aromatic carbocycles. The lowest BCUT2D eigenvalue weighted by molar-refractivity contribution is -0.124. The van der Waals surface area contributed by atoms with Crippen molar-refractivity contribution < 1.29 is 19.4 Å². The minimum atomic E-state index is -0.549. The van der Waals surface area contributed by atoms with Crippen molar-refractivity contribution in [2.75, 3.05) is 13.7 Å². The fourth-order valence-corrected chi connectivity index (χ4v) is 1.97. The number of carbonyl (C=O) groups excluding carboxylic acids is 2. The number of rotatable bonds is 3. The number of methoxy groups -OCH3 is 1. The Balaban J connectivity index is 2.13. The van der Waals surface area contributed by atoms with Crippen LogP contribution in [0.5, 0.6) is 11.5 Å². The van der Waals surface area contributed by atoms with E-state index in [9.17, 15) is 14.7 Å². The molecular weight excluding hydrogens is 248 g/mol. The summed E-state index contributed by atoms with van der Waals surface area (Å²) in [6.07, 6.45) is 1.42. The predicted molar refractivity (Wildman–Crippen MR) is 68.2 cm³/mol. The van der Waals surface area contributed by atoms with Crippen LogP contribution in [-0.2, 0) is 4.79 Å². The van der Waals surface area contributed by atoms with Crippen LogP contribution >= 0.6 is 0 Å². The molecule has 6 nitrogen and oxygen atoms in total. The van der Waals surface area contributed by atoms with Gasteiger partial charge in [-0.05, 0) is 31.0 Å². The number of hydrogen-bond donors (Lipinski definition) is 3. The number of phenolic OH excluding ortho intramolecular Hbond substituents is 1. The van der Waals surface area contributed by atoms with E-state index in [1.54, 1.807) is 6.07 Å². The van der Waals surface area contributed by atoms with Crippen molar-refractivity contribution in [3.63, 3.8) is 0 Å². The van der Waals surface area contributed by atoms with Crippen LogP contribution in [0, 0.1) is 0 Å². The number of aromatic hydroxyl groups is 1. The summed E-state index contributed by atoms with van der Waals surface area (Å²) in [5.41, 5.74) is 0.0951. The normalized spacial score (nSPS) is 18.6. The van der Waals surface area contributed by atoms with Gasteiger partial charge in [0.2, 0.25) is 5.91 Å².